The van der Waals surface area contributed by atoms with Crippen molar-refractivity contribution in [3.63, 3.8) is 0 Å². The number of aliphatic hydroxyl groups is 5. The average molecular weight is 226 g/mol. The SMILES string of the molecule is COOC(=O)C(O)C(O)C(O)C(O)CO. The van der Waals surface area contributed by atoms with Crippen LogP contribution in [0.15, 0.2) is 0 Å². The first-order valence-electron chi connectivity index (χ1n) is 4.03. The highest BCUT2D eigenvalue weighted by atomic mass is 17.2. The minimum Gasteiger partial charge on any atom is -0.394 e. The first kappa shape index (κ1) is 14.2. The van der Waals surface area contributed by atoms with Crippen molar-refractivity contribution in [1.29, 1.82) is 0 Å². The van der Waals surface area contributed by atoms with Gasteiger partial charge in [-0.1, -0.05) is 0 Å². The van der Waals surface area contributed by atoms with Gasteiger partial charge in [0.05, 0.1) is 13.7 Å². The number of carbonyl (C=O) groups excluding carboxylic acids is 1. The van der Waals surface area contributed by atoms with Gasteiger partial charge in [-0.15, -0.1) is 0 Å². The van der Waals surface area contributed by atoms with Gasteiger partial charge < -0.3 is 25.5 Å². The highest BCUT2D eigenvalue weighted by molar-refractivity contribution is 5.74. The average Bonchev–Trinajstić information content (AvgIpc) is 2.25. The molecule has 0 aliphatic heterocycles. The summed E-state index contributed by atoms with van der Waals surface area (Å²) in [4.78, 5) is 18.6. The third-order valence-electron chi connectivity index (χ3n) is 1.66. The van der Waals surface area contributed by atoms with Crippen LogP contribution in [0.2, 0.25) is 0 Å². The quantitative estimate of drug-likeness (QED) is 0.233. The van der Waals surface area contributed by atoms with Crippen molar-refractivity contribution in [2.45, 2.75) is 24.4 Å². The Kier molecular flexibility index (Phi) is 6.32. The van der Waals surface area contributed by atoms with Crippen LogP contribution in [0.3, 0.4) is 0 Å². The summed E-state index contributed by atoms with van der Waals surface area (Å²) in [5.74, 6) is -1.32. The molecule has 5 N–H and O–H groups in total. The third-order valence-corrected chi connectivity index (χ3v) is 1.66. The van der Waals surface area contributed by atoms with Gasteiger partial charge in [0.1, 0.15) is 18.3 Å². The van der Waals surface area contributed by atoms with E-state index in [4.69, 9.17) is 25.5 Å². The van der Waals surface area contributed by atoms with Crippen LogP contribution in [0.5, 0.6) is 0 Å². The maximum atomic E-state index is 10.8. The highest BCUT2D eigenvalue weighted by Crippen LogP contribution is 2.06. The molecular weight excluding hydrogens is 212 g/mol. The Labute approximate surface area is 85.2 Å². The third kappa shape index (κ3) is 4.08. The summed E-state index contributed by atoms with van der Waals surface area (Å²) >= 11 is 0. The zero-order valence-corrected chi connectivity index (χ0v) is 7.98. The molecule has 90 valence electrons. The Balaban J connectivity index is 4.29. The van der Waals surface area contributed by atoms with E-state index in [1.54, 1.807) is 0 Å². The Bertz CT molecular complexity index is 195. The van der Waals surface area contributed by atoms with Crippen LogP contribution in [0.25, 0.3) is 0 Å². The largest absolute Gasteiger partial charge is 0.394 e. The van der Waals surface area contributed by atoms with Gasteiger partial charge in [0, 0.05) is 0 Å². The molecule has 0 saturated carbocycles. The number of carbonyl (C=O) groups is 1. The van der Waals surface area contributed by atoms with Crippen molar-refractivity contribution in [1.82, 2.24) is 0 Å². The fourth-order valence-corrected chi connectivity index (χ4v) is 0.793. The topological polar surface area (TPSA) is 137 Å². The van der Waals surface area contributed by atoms with Crippen molar-refractivity contribution in [2.75, 3.05) is 13.7 Å². The molecule has 0 amide bonds. The molecule has 0 saturated heterocycles. The van der Waals surface area contributed by atoms with Crippen LogP contribution >= 0.6 is 0 Å². The van der Waals surface area contributed by atoms with E-state index in [1.165, 1.54) is 0 Å². The molecule has 4 unspecified atom stereocenters. The highest BCUT2D eigenvalue weighted by Gasteiger charge is 2.35. The number of aliphatic hydroxyl groups excluding tert-OH is 5. The minimum atomic E-state index is -2.08. The molecule has 0 aromatic carbocycles. The van der Waals surface area contributed by atoms with E-state index in [9.17, 15) is 4.79 Å². The molecule has 4 atom stereocenters. The van der Waals surface area contributed by atoms with Gasteiger partial charge in [-0.05, 0) is 0 Å². The van der Waals surface area contributed by atoms with Crippen LogP contribution < -0.4 is 0 Å². The van der Waals surface area contributed by atoms with Gasteiger partial charge in [-0.2, -0.15) is 4.89 Å². The molecular formula is C7H14O8. The predicted molar refractivity (Wildman–Crippen MR) is 44.2 cm³/mol. The number of rotatable bonds is 6. The second-order valence-electron chi connectivity index (χ2n) is 2.74. The van der Waals surface area contributed by atoms with Crippen molar-refractivity contribution in [3.05, 3.63) is 0 Å². The summed E-state index contributed by atoms with van der Waals surface area (Å²) in [6, 6.07) is 0. The van der Waals surface area contributed by atoms with Crippen LogP contribution in [-0.2, 0) is 14.6 Å². The maximum absolute atomic E-state index is 10.8. The molecule has 0 aromatic rings. The van der Waals surface area contributed by atoms with Crippen molar-refractivity contribution >= 4 is 5.97 Å². The van der Waals surface area contributed by atoms with E-state index < -0.39 is 37.0 Å². The molecule has 0 fully saturated rings. The first-order chi connectivity index (χ1) is 6.95. The summed E-state index contributed by atoms with van der Waals surface area (Å²) in [6.07, 6.45) is -7.63. The molecule has 0 aliphatic carbocycles. The summed E-state index contributed by atoms with van der Waals surface area (Å²) in [5, 5.41) is 44.7. The lowest BCUT2D eigenvalue weighted by Gasteiger charge is -2.23. The Morgan fingerprint density at radius 3 is 2.13 bits per heavy atom. The molecule has 0 spiro atoms. The minimum absolute atomic E-state index is 0.829. The molecule has 0 aromatic heterocycles. The zero-order chi connectivity index (χ0) is 12.0. The number of hydrogen-bond donors (Lipinski definition) is 5. The van der Waals surface area contributed by atoms with Crippen LogP contribution in [0.4, 0.5) is 0 Å². The monoisotopic (exact) mass is 226 g/mol. The summed E-state index contributed by atoms with van der Waals surface area (Å²) in [5.41, 5.74) is 0. The number of hydrogen-bond acceptors (Lipinski definition) is 8. The Hall–Kier alpha value is -0.770. The van der Waals surface area contributed by atoms with Crippen LogP contribution in [0.1, 0.15) is 0 Å². The fourth-order valence-electron chi connectivity index (χ4n) is 0.793. The molecule has 0 rings (SSSR count). The Morgan fingerprint density at radius 2 is 1.73 bits per heavy atom. The molecule has 8 nitrogen and oxygen atoms in total. The molecule has 0 heterocycles. The van der Waals surface area contributed by atoms with E-state index in [0.717, 1.165) is 7.11 Å². The lowest BCUT2D eigenvalue weighted by atomic mass is 10.0. The van der Waals surface area contributed by atoms with Gasteiger partial charge >= 0.3 is 5.97 Å². The standard InChI is InChI=1S/C7H14O8/c1-14-15-7(13)6(12)5(11)4(10)3(9)2-8/h3-6,8-12H,2H2,1H3. The van der Waals surface area contributed by atoms with Crippen LogP contribution in [-0.4, -0.2) is 69.6 Å². The Morgan fingerprint density at radius 1 is 1.20 bits per heavy atom. The summed E-state index contributed by atoms with van der Waals surface area (Å²) in [6.45, 7) is -0.829. The molecule has 0 bridgehead atoms. The maximum Gasteiger partial charge on any atom is 0.373 e. The van der Waals surface area contributed by atoms with Gasteiger partial charge in [0.15, 0.2) is 6.10 Å². The second kappa shape index (κ2) is 6.67. The molecule has 8 heteroatoms. The fraction of sp³-hybridized carbons (Fsp3) is 0.857. The molecule has 0 aliphatic rings. The summed E-state index contributed by atoms with van der Waals surface area (Å²) < 4.78 is 0. The predicted octanol–water partition coefficient (Wildman–Crippen LogP) is -3.47. The van der Waals surface area contributed by atoms with Crippen molar-refractivity contribution in [2.24, 2.45) is 0 Å². The molecule has 0 radical (unpaired) electrons. The van der Waals surface area contributed by atoms with E-state index >= 15 is 0 Å². The first-order valence-corrected chi connectivity index (χ1v) is 4.03. The van der Waals surface area contributed by atoms with E-state index in [0.29, 0.717) is 0 Å². The van der Waals surface area contributed by atoms with Crippen molar-refractivity contribution in [3.8, 4) is 0 Å². The second-order valence-corrected chi connectivity index (χ2v) is 2.74. The van der Waals surface area contributed by atoms with Gasteiger partial charge in [0.2, 0.25) is 0 Å². The van der Waals surface area contributed by atoms with E-state index in [1.807, 2.05) is 0 Å². The normalized spacial score (nSPS) is 19.1. The van der Waals surface area contributed by atoms with Gasteiger partial charge in [-0.25, -0.2) is 4.79 Å². The van der Waals surface area contributed by atoms with E-state index in [2.05, 4.69) is 9.78 Å². The van der Waals surface area contributed by atoms with Gasteiger partial charge in [0.25, 0.3) is 0 Å². The van der Waals surface area contributed by atoms with Crippen LogP contribution in [0, 0.1) is 0 Å². The van der Waals surface area contributed by atoms with Crippen molar-refractivity contribution < 1.29 is 40.1 Å². The smallest absolute Gasteiger partial charge is 0.373 e. The lowest BCUT2D eigenvalue weighted by Crippen LogP contribution is -2.49. The lowest BCUT2D eigenvalue weighted by molar-refractivity contribution is -0.267. The van der Waals surface area contributed by atoms with Gasteiger partial charge in [-0.3, -0.25) is 4.89 Å². The summed E-state index contributed by atoms with van der Waals surface area (Å²) in [7, 11) is 1.01. The molecule has 15 heavy (non-hydrogen) atoms. The van der Waals surface area contributed by atoms with E-state index in [-0.39, 0.29) is 0 Å². The zero-order valence-electron chi connectivity index (χ0n) is 7.98.